The SMILES string of the molecule is O=C(Nc1ccn(Cc2c(F)c(F)cc(F)c2F)n1)c1cccc(COc2ccc(Br)cc2)c1. The van der Waals surface area contributed by atoms with E-state index in [1.165, 1.54) is 12.3 Å². The lowest BCUT2D eigenvalue weighted by molar-refractivity contribution is 0.102. The highest BCUT2D eigenvalue weighted by Crippen LogP contribution is 2.21. The Morgan fingerprint density at radius 1 is 0.971 bits per heavy atom. The second kappa shape index (κ2) is 10.1. The lowest BCUT2D eigenvalue weighted by Crippen LogP contribution is -2.14. The van der Waals surface area contributed by atoms with E-state index in [4.69, 9.17) is 4.74 Å². The molecule has 0 saturated carbocycles. The van der Waals surface area contributed by atoms with Crippen LogP contribution in [-0.2, 0) is 13.2 Å². The van der Waals surface area contributed by atoms with Crippen molar-refractivity contribution in [1.82, 2.24) is 9.78 Å². The molecule has 1 aromatic heterocycles. The van der Waals surface area contributed by atoms with Gasteiger partial charge < -0.3 is 10.1 Å². The van der Waals surface area contributed by atoms with E-state index in [2.05, 4.69) is 26.3 Å². The minimum absolute atomic E-state index is 0.0965. The molecule has 1 N–H and O–H groups in total. The molecule has 0 aliphatic rings. The van der Waals surface area contributed by atoms with Crippen LogP contribution >= 0.6 is 15.9 Å². The summed E-state index contributed by atoms with van der Waals surface area (Å²) in [5.74, 6) is -5.69. The van der Waals surface area contributed by atoms with Crippen LogP contribution in [0.15, 0.2) is 71.3 Å². The van der Waals surface area contributed by atoms with Crippen molar-refractivity contribution in [3.05, 3.63) is 111 Å². The molecule has 3 aromatic carbocycles. The second-order valence-electron chi connectivity index (χ2n) is 7.24. The molecule has 0 fully saturated rings. The maximum absolute atomic E-state index is 13.9. The van der Waals surface area contributed by atoms with Gasteiger partial charge in [0.25, 0.3) is 5.91 Å². The van der Waals surface area contributed by atoms with Gasteiger partial charge in [0.2, 0.25) is 0 Å². The summed E-state index contributed by atoms with van der Waals surface area (Å²) in [6.45, 7) is -0.316. The van der Waals surface area contributed by atoms with Gasteiger partial charge in [-0.2, -0.15) is 5.10 Å². The number of hydrogen-bond donors (Lipinski definition) is 1. The van der Waals surface area contributed by atoms with Gasteiger partial charge in [-0.15, -0.1) is 0 Å². The standard InChI is InChI=1S/C24H16BrF4N3O2/c25-16-4-6-17(7-5-16)34-13-14-2-1-3-15(10-14)24(33)30-21-8-9-32(31-21)12-18-22(28)19(26)11-20(27)23(18)29/h1-11H,12-13H2,(H,30,31,33). The normalized spacial score (nSPS) is 10.9. The Morgan fingerprint density at radius 2 is 1.68 bits per heavy atom. The molecule has 174 valence electrons. The number of benzene rings is 3. The molecule has 1 heterocycles. The second-order valence-corrected chi connectivity index (χ2v) is 8.16. The predicted octanol–water partition coefficient (Wildman–Crippen LogP) is 6.08. The lowest BCUT2D eigenvalue weighted by Gasteiger charge is -2.08. The molecule has 0 spiro atoms. The molecule has 0 aliphatic carbocycles. The van der Waals surface area contributed by atoms with E-state index >= 15 is 0 Å². The largest absolute Gasteiger partial charge is 0.489 e. The molecule has 0 saturated heterocycles. The Hall–Kier alpha value is -3.66. The average molecular weight is 534 g/mol. The van der Waals surface area contributed by atoms with Crippen LogP contribution in [0, 0.1) is 23.3 Å². The summed E-state index contributed by atoms with van der Waals surface area (Å²) in [5, 5.41) is 6.57. The Bertz CT molecular complexity index is 1320. The van der Waals surface area contributed by atoms with Crippen LogP contribution in [0.2, 0.25) is 0 Å². The van der Waals surface area contributed by atoms with Crippen molar-refractivity contribution in [3.63, 3.8) is 0 Å². The number of aromatic nitrogens is 2. The van der Waals surface area contributed by atoms with Gasteiger partial charge in [0.15, 0.2) is 29.1 Å². The summed E-state index contributed by atoms with van der Waals surface area (Å²) in [7, 11) is 0. The first-order valence-corrected chi connectivity index (χ1v) is 10.7. The number of hydrogen-bond acceptors (Lipinski definition) is 3. The number of carbonyl (C=O) groups excluding carboxylic acids is 1. The maximum atomic E-state index is 13.9. The van der Waals surface area contributed by atoms with Gasteiger partial charge in [0.05, 0.1) is 12.1 Å². The van der Waals surface area contributed by atoms with Crippen molar-refractivity contribution in [1.29, 1.82) is 0 Å². The van der Waals surface area contributed by atoms with Gasteiger partial charge in [-0.25, -0.2) is 17.6 Å². The minimum atomic E-state index is -1.50. The zero-order valence-corrected chi connectivity index (χ0v) is 19.0. The third kappa shape index (κ3) is 5.45. The zero-order chi connectivity index (χ0) is 24.2. The minimum Gasteiger partial charge on any atom is -0.489 e. The molecule has 4 aromatic rings. The summed E-state index contributed by atoms with van der Waals surface area (Å²) >= 11 is 3.35. The van der Waals surface area contributed by atoms with Gasteiger partial charge in [0.1, 0.15) is 12.4 Å². The lowest BCUT2D eigenvalue weighted by atomic mass is 10.1. The Kier molecular flexibility index (Phi) is 6.97. The van der Waals surface area contributed by atoms with E-state index in [0.717, 1.165) is 14.7 Å². The molecule has 0 atom stereocenters. The first-order chi connectivity index (χ1) is 16.3. The fourth-order valence-electron chi connectivity index (χ4n) is 3.13. The Labute approximate surface area is 200 Å². The van der Waals surface area contributed by atoms with E-state index in [0.29, 0.717) is 11.3 Å². The van der Waals surface area contributed by atoms with Crippen molar-refractivity contribution < 1.29 is 27.1 Å². The quantitative estimate of drug-likeness (QED) is 0.231. The van der Waals surface area contributed by atoms with Gasteiger partial charge in [0, 0.05) is 28.4 Å². The number of amides is 1. The predicted molar refractivity (Wildman–Crippen MR) is 120 cm³/mol. The highest BCUT2D eigenvalue weighted by atomic mass is 79.9. The van der Waals surface area contributed by atoms with Crippen LogP contribution in [0.4, 0.5) is 23.4 Å². The van der Waals surface area contributed by atoms with Crippen LogP contribution < -0.4 is 10.1 Å². The molecule has 0 bridgehead atoms. The van der Waals surface area contributed by atoms with Gasteiger partial charge >= 0.3 is 0 Å². The Balaban J connectivity index is 1.41. The Morgan fingerprint density at radius 3 is 2.38 bits per heavy atom. The van der Waals surface area contributed by atoms with Crippen molar-refractivity contribution in [2.24, 2.45) is 0 Å². The van der Waals surface area contributed by atoms with E-state index in [1.54, 1.807) is 18.2 Å². The molecule has 0 aliphatic heterocycles. The highest BCUT2D eigenvalue weighted by molar-refractivity contribution is 9.10. The van der Waals surface area contributed by atoms with Crippen molar-refractivity contribution in [2.75, 3.05) is 5.32 Å². The number of nitrogens with one attached hydrogen (secondary N) is 1. The molecule has 0 unspecified atom stereocenters. The van der Waals surface area contributed by atoms with Crippen molar-refractivity contribution in [2.45, 2.75) is 13.2 Å². The monoisotopic (exact) mass is 533 g/mol. The van der Waals surface area contributed by atoms with Crippen LogP contribution in [-0.4, -0.2) is 15.7 Å². The average Bonchev–Trinajstić information content (AvgIpc) is 3.27. The van der Waals surface area contributed by atoms with Crippen molar-refractivity contribution in [3.8, 4) is 5.75 Å². The molecule has 0 radical (unpaired) electrons. The third-order valence-electron chi connectivity index (χ3n) is 4.81. The van der Waals surface area contributed by atoms with E-state index in [9.17, 15) is 22.4 Å². The molecule has 10 heteroatoms. The fourth-order valence-corrected chi connectivity index (χ4v) is 3.39. The third-order valence-corrected chi connectivity index (χ3v) is 5.34. The number of nitrogens with zero attached hydrogens (tertiary/aromatic N) is 2. The first-order valence-electron chi connectivity index (χ1n) is 9.94. The summed E-state index contributed by atoms with van der Waals surface area (Å²) in [6.07, 6.45) is 1.32. The first kappa shape index (κ1) is 23.5. The van der Waals surface area contributed by atoms with Crippen molar-refractivity contribution >= 4 is 27.7 Å². The molecule has 34 heavy (non-hydrogen) atoms. The number of anilines is 1. The van der Waals surface area contributed by atoms with Gasteiger partial charge in [-0.05, 0) is 42.0 Å². The fraction of sp³-hybridized carbons (Fsp3) is 0.0833. The molecule has 5 nitrogen and oxygen atoms in total. The summed E-state index contributed by atoms with van der Waals surface area (Å²) < 4.78 is 62.3. The van der Waals surface area contributed by atoms with E-state index in [-0.39, 0.29) is 18.5 Å². The van der Waals surface area contributed by atoms with Gasteiger partial charge in [-0.1, -0.05) is 28.1 Å². The topological polar surface area (TPSA) is 56.2 Å². The number of carbonyl (C=O) groups is 1. The molecular weight excluding hydrogens is 518 g/mol. The molecule has 1 amide bonds. The van der Waals surface area contributed by atoms with Gasteiger partial charge in [-0.3, -0.25) is 9.48 Å². The van der Waals surface area contributed by atoms with Crippen LogP contribution in [0.3, 0.4) is 0 Å². The van der Waals surface area contributed by atoms with Crippen LogP contribution in [0.1, 0.15) is 21.5 Å². The number of ether oxygens (including phenoxy) is 1. The number of rotatable bonds is 7. The maximum Gasteiger partial charge on any atom is 0.256 e. The smallest absolute Gasteiger partial charge is 0.256 e. The summed E-state index contributed by atoms with van der Waals surface area (Å²) in [4.78, 5) is 12.6. The summed E-state index contributed by atoms with van der Waals surface area (Å²) in [5.41, 5.74) is 0.299. The molecule has 4 rings (SSSR count). The van der Waals surface area contributed by atoms with E-state index in [1.807, 2.05) is 30.3 Å². The highest BCUT2D eigenvalue weighted by Gasteiger charge is 2.20. The van der Waals surface area contributed by atoms with Crippen LogP contribution in [0.5, 0.6) is 5.75 Å². The van der Waals surface area contributed by atoms with E-state index < -0.39 is 41.3 Å². The number of halogens is 5. The van der Waals surface area contributed by atoms with Crippen LogP contribution in [0.25, 0.3) is 0 Å². The zero-order valence-electron chi connectivity index (χ0n) is 17.4. The molecular formula is C24H16BrF4N3O2. The summed E-state index contributed by atoms with van der Waals surface area (Å²) in [6, 6.07) is 15.6.